The van der Waals surface area contributed by atoms with Gasteiger partial charge in [-0.1, -0.05) is 18.2 Å². The van der Waals surface area contributed by atoms with Crippen LogP contribution in [0, 0.1) is 0 Å². The van der Waals surface area contributed by atoms with Crippen molar-refractivity contribution in [2.24, 2.45) is 0 Å². The van der Waals surface area contributed by atoms with Crippen molar-refractivity contribution in [3.05, 3.63) is 60.1 Å². The Morgan fingerprint density at radius 1 is 1.32 bits per heavy atom. The Labute approximate surface area is 134 Å². The minimum atomic E-state index is -0.317. The number of hydrogen-bond acceptors (Lipinski definition) is 4. The van der Waals surface area contributed by atoms with Crippen molar-refractivity contribution in [1.82, 2.24) is 10.6 Å². The number of carbonyl (C=O) groups is 1. The molecule has 0 atom stereocenters. The number of hydrogen-bond donors (Lipinski definition) is 2. The molecule has 22 heavy (non-hydrogen) atoms. The average molecular weight is 316 g/mol. The molecule has 1 aromatic heterocycles. The van der Waals surface area contributed by atoms with E-state index in [1.165, 1.54) is 6.08 Å². The van der Waals surface area contributed by atoms with Gasteiger partial charge in [-0.05, 0) is 36.5 Å². The maximum Gasteiger partial charge on any atom is 0.250 e. The van der Waals surface area contributed by atoms with Gasteiger partial charge in [-0.2, -0.15) is 0 Å². The molecule has 0 fully saturated rings. The van der Waals surface area contributed by atoms with Gasteiger partial charge >= 0.3 is 0 Å². The molecule has 2 aromatic rings. The first-order chi connectivity index (χ1) is 10.7. The van der Waals surface area contributed by atoms with Crippen LogP contribution >= 0.6 is 12.2 Å². The summed E-state index contributed by atoms with van der Waals surface area (Å²) in [6, 6.07) is 11.0. The molecule has 0 bridgehead atoms. The zero-order chi connectivity index (χ0) is 15.8. The van der Waals surface area contributed by atoms with E-state index in [9.17, 15) is 4.79 Å². The van der Waals surface area contributed by atoms with E-state index in [2.05, 4.69) is 10.6 Å². The highest BCUT2D eigenvalue weighted by Crippen LogP contribution is 2.18. The van der Waals surface area contributed by atoms with Gasteiger partial charge in [0.15, 0.2) is 5.11 Å². The molecule has 0 saturated heterocycles. The van der Waals surface area contributed by atoms with Crippen LogP contribution in [0.5, 0.6) is 5.75 Å². The molecule has 0 aliphatic carbocycles. The summed E-state index contributed by atoms with van der Waals surface area (Å²) >= 11 is 5.04. The minimum Gasteiger partial charge on any atom is -0.496 e. The highest BCUT2D eigenvalue weighted by molar-refractivity contribution is 7.80. The molecule has 0 saturated carbocycles. The third-order valence-corrected chi connectivity index (χ3v) is 3.04. The van der Waals surface area contributed by atoms with Crippen molar-refractivity contribution in [1.29, 1.82) is 0 Å². The average Bonchev–Trinajstić information content (AvgIpc) is 3.04. The second kappa shape index (κ2) is 7.99. The van der Waals surface area contributed by atoms with E-state index in [-0.39, 0.29) is 11.0 Å². The fourth-order valence-electron chi connectivity index (χ4n) is 1.75. The van der Waals surface area contributed by atoms with Gasteiger partial charge in [-0.15, -0.1) is 0 Å². The molecule has 0 unspecified atom stereocenters. The molecular weight excluding hydrogens is 300 g/mol. The second-order valence-corrected chi connectivity index (χ2v) is 4.73. The summed E-state index contributed by atoms with van der Waals surface area (Å²) in [6.45, 7) is 0.419. The first-order valence-corrected chi connectivity index (χ1v) is 7.02. The lowest BCUT2D eigenvalue weighted by atomic mass is 10.2. The third-order valence-electron chi connectivity index (χ3n) is 2.79. The number of para-hydroxylation sites is 1. The van der Waals surface area contributed by atoms with Crippen LogP contribution in [0.4, 0.5) is 0 Å². The summed E-state index contributed by atoms with van der Waals surface area (Å²) in [6.07, 6.45) is 4.65. The van der Waals surface area contributed by atoms with Crippen molar-refractivity contribution in [3.63, 3.8) is 0 Å². The van der Waals surface area contributed by atoms with E-state index in [0.717, 1.165) is 11.3 Å². The lowest BCUT2D eigenvalue weighted by Gasteiger charge is -2.06. The Balaban J connectivity index is 1.84. The summed E-state index contributed by atoms with van der Waals surface area (Å²) in [4.78, 5) is 11.8. The van der Waals surface area contributed by atoms with Crippen LogP contribution in [-0.2, 0) is 11.3 Å². The largest absolute Gasteiger partial charge is 0.496 e. The van der Waals surface area contributed by atoms with Crippen LogP contribution in [-0.4, -0.2) is 18.1 Å². The van der Waals surface area contributed by atoms with Crippen LogP contribution in [0.2, 0.25) is 0 Å². The highest BCUT2D eigenvalue weighted by Gasteiger charge is 2.03. The molecule has 1 heterocycles. The highest BCUT2D eigenvalue weighted by atomic mass is 32.1. The van der Waals surface area contributed by atoms with E-state index >= 15 is 0 Å². The van der Waals surface area contributed by atoms with Gasteiger partial charge in [-0.3, -0.25) is 10.1 Å². The molecule has 0 spiro atoms. The molecule has 1 amide bonds. The van der Waals surface area contributed by atoms with Crippen LogP contribution in [0.25, 0.3) is 6.08 Å². The number of benzene rings is 1. The predicted octanol–water partition coefficient (Wildman–Crippen LogP) is 2.49. The summed E-state index contributed by atoms with van der Waals surface area (Å²) < 4.78 is 10.4. The summed E-state index contributed by atoms with van der Waals surface area (Å²) in [7, 11) is 1.58. The topological polar surface area (TPSA) is 63.5 Å². The molecule has 2 rings (SSSR count). The quantitative estimate of drug-likeness (QED) is 0.655. The van der Waals surface area contributed by atoms with E-state index in [0.29, 0.717) is 12.3 Å². The SMILES string of the molecule is COc1ccccc1C=CC(=O)NC(=S)NCc1ccco1. The molecule has 5 nitrogen and oxygen atoms in total. The van der Waals surface area contributed by atoms with Gasteiger partial charge in [0.2, 0.25) is 5.91 Å². The fourth-order valence-corrected chi connectivity index (χ4v) is 1.92. The second-order valence-electron chi connectivity index (χ2n) is 4.33. The number of furan rings is 1. The van der Waals surface area contributed by atoms with Gasteiger partial charge in [0.05, 0.1) is 19.9 Å². The van der Waals surface area contributed by atoms with Gasteiger partial charge < -0.3 is 14.5 Å². The van der Waals surface area contributed by atoms with E-state index in [1.54, 1.807) is 25.5 Å². The lowest BCUT2D eigenvalue weighted by molar-refractivity contribution is -0.115. The van der Waals surface area contributed by atoms with Crippen molar-refractivity contribution < 1.29 is 13.9 Å². The number of rotatable bonds is 5. The molecule has 0 aliphatic heterocycles. The third kappa shape index (κ3) is 4.75. The number of ether oxygens (including phenoxy) is 1. The van der Waals surface area contributed by atoms with Gasteiger partial charge in [0.25, 0.3) is 0 Å². The zero-order valence-corrected chi connectivity index (χ0v) is 12.9. The molecule has 6 heteroatoms. The lowest BCUT2D eigenvalue weighted by Crippen LogP contribution is -2.37. The summed E-state index contributed by atoms with van der Waals surface area (Å²) in [5, 5.41) is 5.69. The van der Waals surface area contributed by atoms with Gasteiger partial charge in [0.1, 0.15) is 11.5 Å². The fraction of sp³-hybridized carbons (Fsp3) is 0.125. The van der Waals surface area contributed by atoms with Crippen molar-refractivity contribution >= 4 is 29.3 Å². The van der Waals surface area contributed by atoms with Crippen LogP contribution in [0.15, 0.2) is 53.2 Å². The Hall–Kier alpha value is -2.60. The Morgan fingerprint density at radius 2 is 2.14 bits per heavy atom. The predicted molar refractivity (Wildman–Crippen MR) is 88.3 cm³/mol. The molecular formula is C16H16N2O3S. The number of thiocarbonyl (C=S) groups is 1. The first kappa shape index (κ1) is 15.8. The van der Waals surface area contributed by atoms with Crippen LogP contribution in [0.3, 0.4) is 0 Å². The standard InChI is InChI=1S/C16H16N2O3S/c1-20-14-7-3-2-5-12(14)8-9-15(19)18-16(22)17-11-13-6-4-10-21-13/h2-10H,11H2,1H3,(H2,17,18,19,22). The Kier molecular flexibility index (Phi) is 5.73. The minimum absolute atomic E-state index is 0.242. The monoisotopic (exact) mass is 316 g/mol. The van der Waals surface area contributed by atoms with E-state index in [1.807, 2.05) is 30.3 Å². The zero-order valence-electron chi connectivity index (χ0n) is 12.0. The molecule has 114 valence electrons. The van der Waals surface area contributed by atoms with Crippen molar-refractivity contribution in [2.45, 2.75) is 6.54 Å². The number of methoxy groups -OCH3 is 1. The Bertz CT molecular complexity index is 666. The molecule has 0 radical (unpaired) electrons. The van der Waals surface area contributed by atoms with Gasteiger partial charge in [-0.25, -0.2) is 0 Å². The number of amides is 1. The molecule has 1 aromatic carbocycles. The first-order valence-electron chi connectivity index (χ1n) is 6.61. The summed E-state index contributed by atoms with van der Waals surface area (Å²) in [5.41, 5.74) is 0.814. The smallest absolute Gasteiger partial charge is 0.250 e. The van der Waals surface area contributed by atoms with Crippen LogP contribution < -0.4 is 15.4 Å². The van der Waals surface area contributed by atoms with E-state index < -0.39 is 0 Å². The maximum absolute atomic E-state index is 11.8. The molecule has 0 aliphatic rings. The number of nitrogens with one attached hydrogen (secondary N) is 2. The van der Waals surface area contributed by atoms with Gasteiger partial charge in [0, 0.05) is 11.6 Å². The number of carbonyl (C=O) groups excluding carboxylic acids is 1. The van der Waals surface area contributed by atoms with E-state index in [4.69, 9.17) is 21.4 Å². The van der Waals surface area contributed by atoms with Crippen molar-refractivity contribution in [3.8, 4) is 5.75 Å². The van der Waals surface area contributed by atoms with Crippen molar-refractivity contribution in [2.75, 3.05) is 7.11 Å². The molecule has 2 N–H and O–H groups in total. The normalized spacial score (nSPS) is 10.4. The Morgan fingerprint density at radius 3 is 2.86 bits per heavy atom. The maximum atomic E-state index is 11.8. The summed E-state index contributed by atoms with van der Waals surface area (Å²) in [5.74, 6) is 1.12. The van der Waals surface area contributed by atoms with Crippen LogP contribution in [0.1, 0.15) is 11.3 Å².